The summed E-state index contributed by atoms with van der Waals surface area (Å²) < 4.78 is 35.5. The van der Waals surface area contributed by atoms with Crippen molar-refractivity contribution in [3.63, 3.8) is 0 Å². The summed E-state index contributed by atoms with van der Waals surface area (Å²) in [4.78, 5) is 0. The van der Waals surface area contributed by atoms with Crippen molar-refractivity contribution in [2.24, 2.45) is 5.41 Å². The number of hydrogen-bond donors (Lipinski definition) is 1. The van der Waals surface area contributed by atoms with E-state index in [0.29, 0.717) is 10.6 Å². The van der Waals surface area contributed by atoms with Crippen LogP contribution in [0.15, 0.2) is 60.7 Å². The Morgan fingerprint density at radius 3 is 1.70 bits per heavy atom. The van der Waals surface area contributed by atoms with Gasteiger partial charge in [0.05, 0.1) is 0 Å². The summed E-state index contributed by atoms with van der Waals surface area (Å²) in [5, 5.41) is -0.736. The fraction of sp³-hybridized carbons (Fsp3) is 0.280. The van der Waals surface area contributed by atoms with Crippen molar-refractivity contribution in [1.82, 2.24) is 0 Å². The lowest BCUT2D eigenvalue weighted by Gasteiger charge is -2.44. The molecule has 0 aliphatic heterocycles. The lowest BCUT2D eigenvalue weighted by Crippen LogP contribution is -2.33. The van der Waals surface area contributed by atoms with Crippen molar-refractivity contribution in [3.05, 3.63) is 105 Å². The van der Waals surface area contributed by atoms with Gasteiger partial charge in [0.2, 0.25) is 0 Å². The average molecular weight is 439 g/mol. The van der Waals surface area contributed by atoms with Crippen molar-refractivity contribution in [2.75, 3.05) is 0 Å². The molecule has 0 radical (unpaired) electrons. The summed E-state index contributed by atoms with van der Waals surface area (Å²) in [7, 11) is -4.39. The summed E-state index contributed by atoms with van der Waals surface area (Å²) in [6.45, 7) is 5.47. The van der Waals surface area contributed by atoms with E-state index in [1.807, 2.05) is 39.0 Å². The van der Waals surface area contributed by atoms with Gasteiger partial charge in [-0.2, -0.15) is 8.42 Å². The summed E-state index contributed by atoms with van der Waals surface area (Å²) in [5.74, 6) is -0.0897. The minimum absolute atomic E-state index is 0.0235. The van der Waals surface area contributed by atoms with Gasteiger partial charge in [0.1, 0.15) is 5.25 Å². The Morgan fingerprint density at radius 1 is 0.800 bits per heavy atom. The van der Waals surface area contributed by atoms with Crippen molar-refractivity contribution in [1.29, 1.82) is 0 Å². The Bertz CT molecular complexity index is 1240. The van der Waals surface area contributed by atoms with Gasteiger partial charge in [-0.15, -0.1) is 0 Å². The maximum atomic E-state index is 12.6. The molecule has 30 heavy (non-hydrogen) atoms. The highest BCUT2D eigenvalue weighted by Gasteiger charge is 2.47. The standard InChI is InChI=1S/C25H23ClO3S/c1-25(2,3)24(30(27,28)29)23-19(26)13-12-18-20-14-8-4-6-10-16(14)21(22(18)23)17-11-7-5-9-15(17)20/h4-13,20-21,24H,1-3H3,(H,27,28,29). The van der Waals surface area contributed by atoms with E-state index >= 15 is 0 Å². The Labute approximate surface area is 182 Å². The molecule has 1 N–H and O–H groups in total. The maximum absolute atomic E-state index is 12.6. The highest BCUT2D eigenvalue weighted by atomic mass is 35.5. The van der Waals surface area contributed by atoms with E-state index in [1.54, 1.807) is 6.07 Å². The first-order valence-electron chi connectivity index (χ1n) is 10.1. The third-order valence-corrected chi connectivity index (χ3v) is 8.32. The van der Waals surface area contributed by atoms with Crippen LogP contribution in [-0.4, -0.2) is 13.0 Å². The first kappa shape index (κ1) is 19.8. The topological polar surface area (TPSA) is 54.4 Å². The molecule has 3 aliphatic carbocycles. The number of halogens is 1. The zero-order valence-corrected chi connectivity index (χ0v) is 18.6. The first-order chi connectivity index (χ1) is 14.1. The van der Waals surface area contributed by atoms with Crippen LogP contribution >= 0.6 is 11.6 Å². The van der Waals surface area contributed by atoms with Gasteiger partial charge >= 0.3 is 0 Å². The molecular weight excluding hydrogens is 416 g/mol. The van der Waals surface area contributed by atoms with Gasteiger partial charge in [-0.05, 0) is 50.4 Å². The Hall–Kier alpha value is -2.14. The smallest absolute Gasteiger partial charge is 0.272 e. The van der Waals surface area contributed by atoms with Crippen LogP contribution in [0.5, 0.6) is 0 Å². The molecule has 0 saturated heterocycles. The second-order valence-corrected chi connectivity index (χ2v) is 11.3. The normalized spacial score (nSPS) is 20.3. The molecule has 0 aromatic heterocycles. The molecule has 6 rings (SSSR count). The Morgan fingerprint density at radius 2 is 1.27 bits per heavy atom. The second kappa shape index (κ2) is 6.43. The van der Waals surface area contributed by atoms with Gasteiger partial charge in [-0.25, -0.2) is 0 Å². The van der Waals surface area contributed by atoms with E-state index in [-0.39, 0.29) is 11.8 Å². The van der Waals surface area contributed by atoms with Crippen molar-refractivity contribution in [3.8, 4) is 0 Å². The van der Waals surface area contributed by atoms with Gasteiger partial charge in [0.15, 0.2) is 0 Å². The SMILES string of the molecule is CC(C)(C)C(c1c(Cl)ccc2c1C1c3ccccc3C2c2ccccc21)S(=O)(=O)O. The third kappa shape index (κ3) is 2.71. The molecule has 0 spiro atoms. The Kier molecular flexibility index (Phi) is 4.24. The van der Waals surface area contributed by atoms with Crippen molar-refractivity contribution in [2.45, 2.75) is 37.9 Å². The second-order valence-electron chi connectivity index (χ2n) is 9.35. The molecule has 154 valence electrons. The zero-order valence-electron chi connectivity index (χ0n) is 17.1. The minimum atomic E-state index is -4.39. The fourth-order valence-corrected chi connectivity index (χ4v) is 7.33. The number of benzene rings is 3. The zero-order chi connectivity index (χ0) is 21.4. The van der Waals surface area contributed by atoms with E-state index < -0.39 is 20.8 Å². The van der Waals surface area contributed by atoms with Crippen LogP contribution in [0.4, 0.5) is 0 Å². The van der Waals surface area contributed by atoms with Crippen LogP contribution in [0.3, 0.4) is 0 Å². The molecular formula is C25H23ClO3S. The van der Waals surface area contributed by atoms with E-state index in [1.165, 1.54) is 22.3 Å². The van der Waals surface area contributed by atoms with Gasteiger partial charge < -0.3 is 0 Å². The monoisotopic (exact) mass is 438 g/mol. The first-order valence-corrected chi connectivity index (χ1v) is 11.9. The molecule has 2 bridgehead atoms. The van der Waals surface area contributed by atoms with Crippen LogP contribution in [0.2, 0.25) is 5.02 Å². The molecule has 1 unspecified atom stereocenters. The molecule has 1 atom stereocenters. The molecule has 0 amide bonds. The largest absolute Gasteiger partial charge is 0.285 e. The molecule has 3 aromatic carbocycles. The van der Waals surface area contributed by atoms with Crippen LogP contribution in [0.1, 0.15) is 76.8 Å². The predicted molar refractivity (Wildman–Crippen MR) is 120 cm³/mol. The van der Waals surface area contributed by atoms with Gasteiger partial charge in [-0.3, -0.25) is 4.55 Å². The van der Waals surface area contributed by atoms with Gasteiger partial charge in [0.25, 0.3) is 10.1 Å². The van der Waals surface area contributed by atoms with Crippen LogP contribution < -0.4 is 0 Å². The average Bonchev–Trinajstić information content (AvgIpc) is 2.67. The molecule has 0 heterocycles. The van der Waals surface area contributed by atoms with E-state index in [2.05, 4.69) is 36.4 Å². The maximum Gasteiger partial charge on any atom is 0.272 e. The Balaban J connectivity index is 1.90. The van der Waals surface area contributed by atoms with Crippen LogP contribution in [0.25, 0.3) is 0 Å². The molecule has 0 fully saturated rings. The predicted octanol–water partition coefficient (Wildman–Crippen LogP) is 6.30. The van der Waals surface area contributed by atoms with Crippen molar-refractivity contribution >= 4 is 21.7 Å². The van der Waals surface area contributed by atoms with E-state index in [4.69, 9.17) is 11.6 Å². The highest BCUT2D eigenvalue weighted by Crippen LogP contribution is 2.59. The quantitative estimate of drug-likeness (QED) is 0.329. The van der Waals surface area contributed by atoms with Crippen molar-refractivity contribution < 1.29 is 13.0 Å². The lowest BCUT2D eigenvalue weighted by atomic mass is 9.59. The molecule has 3 nitrogen and oxygen atoms in total. The number of rotatable bonds is 2. The molecule has 3 aliphatic rings. The van der Waals surface area contributed by atoms with Crippen LogP contribution in [-0.2, 0) is 10.1 Å². The van der Waals surface area contributed by atoms with E-state index in [9.17, 15) is 13.0 Å². The lowest BCUT2D eigenvalue weighted by molar-refractivity contribution is 0.353. The fourth-order valence-electron chi connectivity index (χ4n) is 5.55. The summed E-state index contributed by atoms with van der Waals surface area (Å²) in [6.07, 6.45) is 0. The highest BCUT2D eigenvalue weighted by molar-refractivity contribution is 7.86. The summed E-state index contributed by atoms with van der Waals surface area (Å²) >= 11 is 6.68. The van der Waals surface area contributed by atoms with Crippen LogP contribution in [0, 0.1) is 5.41 Å². The molecule has 3 aromatic rings. The summed E-state index contributed by atoms with van der Waals surface area (Å²) in [6, 6.07) is 20.5. The van der Waals surface area contributed by atoms with Gasteiger partial charge in [0, 0.05) is 16.9 Å². The minimum Gasteiger partial charge on any atom is -0.285 e. The van der Waals surface area contributed by atoms with Gasteiger partial charge in [-0.1, -0.05) is 87.0 Å². The number of hydrogen-bond acceptors (Lipinski definition) is 2. The summed E-state index contributed by atoms with van der Waals surface area (Å²) in [5.41, 5.74) is 6.67. The van der Waals surface area contributed by atoms with E-state index in [0.717, 1.165) is 11.1 Å². The third-order valence-electron chi connectivity index (χ3n) is 6.45. The molecule has 5 heteroatoms. The molecule has 0 saturated carbocycles.